The highest BCUT2D eigenvalue weighted by atomic mass is 32.2. The van der Waals surface area contributed by atoms with Crippen LogP contribution in [0.3, 0.4) is 0 Å². The van der Waals surface area contributed by atoms with Crippen molar-refractivity contribution in [1.82, 2.24) is 16.0 Å². The molecule has 0 aliphatic heterocycles. The molecule has 0 radical (unpaired) electrons. The Bertz CT molecular complexity index is 539. The number of carbonyl (C=O) groups excluding carboxylic acids is 3. The lowest BCUT2D eigenvalue weighted by Gasteiger charge is -2.21. The smallest absolute Gasteiger partial charge is 0.326 e. The number of hydrogen-bond donors (Lipinski definition) is 5. The van der Waals surface area contributed by atoms with Gasteiger partial charge in [-0.15, -0.1) is 0 Å². The Kier molecular flexibility index (Phi) is 16.0. The van der Waals surface area contributed by atoms with Gasteiger partial charge in [-0.2, -0.15) is 35.3 Å². The summed E-state index contributed by atoms with van der Waals surface area (Å²) in [5.41, 5.74) is 5.84. The van der Waals surface area contributed by atoms with Gasteiger partial charge in [-0.05, 0) is 55.3 Å². The van der Waals surface area contributed by atoms with Gasteiger partial charge in [-0.25, -0.2) is 4.79 Å². The molecule has 0 aliphatic carbocycles. The number of amides is 3. The molecule has 0 aromatic rings. The third-order valence-corrected chi connectivity index (χ3v) is 5.81. The Balaban J connectivity index is 4.70. The van der Waals surface area contributed by atoms with Crippen molar-refractivity contribution >= 4 is 59.0 Å². The van der Waals surface area contributed by atoms with E-state index in [1.54, 1.807) is 11.8 Å². The number of carboxylic acids is 1. The van der Waals surface area contributed by atoms with Crippen molar-refractivity contribution in [3.8, 4) is 0 Å². The lowest BCUT2D eigenvalue weighted by Crippen LogP contribution is -2.53. The van der Waals surface area contributed by atoms with Crippen LogP contribution in [0.15, 0.2) is 0 Å². The number of rotatable bonds is 16. The van der Waals surface area contributed by atoms with E-state index in [1.807, 2.05) is 18.8 Å². The molecule has 0 aliphatic rings. The lowest BCUT2D eigenvalue weighted by molar-refractivity contribution is -0.141. The first kappa shape index (κ1) is 27.9. The van der Waals surface area contributed by atoms with E-state index < -0.39 is 41.8 Å². The summed E-state index contributed by atoms with van der Waals surface area (Å²) in [7, 11) is 0. The number of aliphatic carboxylic acids is 1. The van der Waals surface area contributed by atoms with Crippen LogP contribution in [0, 0.1) is 0 Å². The first-order valence-corrected chi connectivity index (χ1v) is 13.3. The number of nitrogens with two attached hydrogens (primary N) is 1. The fourth-order valence-electron chi connectivity index (χ4n) is 2.19. The van der Waals surface area contributed by atoms with Crippen molar-refractivity contribution in [3.05, 3.63) is 0 Å². The van der Waals surface area contributed by atoms with Crippen LogP contribution < -0.4 is 21.7 Å². The van der Waals surface area contributed by atoms with Gasteiger partial charge in [0.25, 0.3) is 0 Å². The van der Waals surface area contributed by atoms with E-state index in [1.165, 1.54) is 23.5 Å². The monoisotopic (exact) mass is 468 g/mol. The standard InChI is InChI=1S/C17H32N4O5S3/c1-27-7-4-11(18)15(23)21-12(5-8-28-2)16(24)19-10-14(22)20-13(17(25)26)6-9-29-3/h11-13H,4-10,18H2,1-3H3,(H,19,24)(H,20,22)(H,21,23)(H,25,26). The zero-order valence-corrected chi connectivity index (χ0v) is 19.5. The van der Waals surface area contributed by atoms with Crippen LogP contribution in [-0.4, -0.2) is 89.5 Å². The van der Waals surface area contributed by atoms with Gasteiger partial charge >= 0.3 is 5.97 Å². The largest absolute Gasteiger partial charge is 0.480 e. The van der Waals surface area contributed by atoms with Crippen LogP contribution in [0.1, 0.15) is 19.3 Å². The summed E-state index contributed by atoms with van der Waals surface area (Å²) in [4.78, 5) is 47.8. The maximum Gasteiger partial charge on any atom is 0.326 e. The zero-order chi connectivity index (χ0) is 22.2. The first-order chi connectivity index (χ1) is 13.8. The second kappa shape index (κ2) is 16.7. The summed E-state index contributed by atoms with van der Waals surface area (Å²) in [6.45, 7) is -0.369. The van der Waals surface area contributed by atoms with Gasteiger partial charge in [0.2, 0.25) is 17.7 Å². The molecule has 3 unspecified atom stereocenters. The van der Waals surface area contributed by atoms with Gasteiger partial charge in [0.1, 0.15) is 12.1 Å². The van der Waals surface area contributed by atoms with E-state index in [4.69, 9.17) is 10.8 Å². The maximum atomic E-state index is 12.4. The summed E-state index contributed by atoms with van der Waals surface area (Å²) in [5.74, 6) is -0.675. The molecule has 29 heavy (non-hydrogen) atoms. The Morgan fingerprint density at radius 2 is 1.34 bits per heavy atom. The van der Waals surface area contributed by atoms with Gasteiger partial charge in [-0.3, -0.25) is 14.4 Å². The zero-order valence-electron chi connectivity index (χ0n) is 17.1. The van der Waals surface area contributed by atoms with Crippen LogP contribution >= 0.6 is 35.3 Å². The number of carboxylic acid groups (broad SMARTS) is 1. The third-order valence-electron chi connectivity index (χ3n) is 3.88. The van der Waals surface area contributed by atoms with Crippen molar-refractivity contribution < 1.29 is 24.3 Å². The predicted molar refractivity (Wildman–Crippen MR) is 121 cm³/mol. The second-order valence-electron chi connectivity index (χ2n) is 6.19. The van der Waals surface area contributed by atoms with Gasteiger partial charge in [0, 0.05) is 0 Å². The maximum absolute atomic E-state index is 12.4. The van der Waals surface area contributed by atoms with E-state index in [0.29, 0.717) is 24.3 Å². The average Bonchev–Trinajstić information content (AvgIpc) is 2.69. The van der Waals surface area contributed by atoms with Crippen molar-refractivity contribution in [2.24, 2.45) is 5.73 Å². The van der Waals surface area contributed by atoms with Crippen molar-refractivity contribution in [2.45, 2.75) is 37.4 Å². The molecule has 9 nitrogen and oxygen atoms in total. The van der Waals surface area contributed by atoms with Crippen LogP contribution in [-0.2, 0) is 19.2 Å². The van der Waals surface area contributed by atoms with Gasteiger partial charge in [0.15, 0.2) is 0 Å². The molecule has 0 heterocycles. The number of carbonyl (C=O) groups is 4. The molecule has 3 amide bonds. The number of thioether (sulfide) groups is 3. The summed E-state index contributed by atoms with van der Waals surface area (Å²) in [5, 5.41) is 16.6. The molecule has 0 saturated carbocycles. The fourth-order valence-corrected chi connectivity index (χ4v) is 3.62. The number of nitrogens with one attached hydrogen (secondary N) is 3. The normalized spacial score (nSPS) is 13.8. The average molecular weight is 469 g/mol. The Morgan fingerprint density at radius 1 is 0.828 bits per heavy atom. The van der Waals surface area contributed by atoms with E-state index in [0.717, 1.165) is 5.75 Å². The SMILES string of the molecule is CSCCC(N)C(=O)NC(CCSC)C(=O)NCC(=O)NC(CCSC)C(=O)O. The fraction of sp³-hybridized carbons (Fsp3) is 0.765. The minimum atomic E-state index is -1.12. The molecular weight excluding hydrogens is 436 g/mol. The molecule has 0 fully saturated rings. The summed E-state index contributed by atoms with van der Waals surface area (Å²) in [6.07, 6.45) is 6.82. The van der Waals surface area contributed by atoms with Gasteiger partial charge in [0.05, 0.1) is 12.6 Å². The van der Waals surface area contributed by atoms with Crippen LogP contribution in [0.25, 0.3) is 0 Å². The van der Waals surface area contributed by atoms with Gasteiger partial charge < -0.3 is 26.8 Å². The Morgan fingerprint density at radius 3 is 1.86 bits per heavy atom. The molecule has 0 saturated heterocycles. The summed E-state index contributed by atoms with van der Waals surface area (Å²) >= 11 is 4.59. The van der Waals surface area contributed by atoms with Crippen LogP contribution in [0.5, 0.6) is 0 Å². The highest BCUT2D eigenvalue weighted by molar-refractivity contribution is 7.98. The van der Waals surface area contributed by atoms with E-state index in [9.17, 15) is 19.2 Å². The number of hydrogen-bond acceptors (Lipinski definition) is 8. The molecule has 12 heteroatoms. The minimum Gasteiger partial charge on any atom is -0.480 e. The van der Waals surface area contributed by atoms with Crippen molar-refractivity contribution in [3.63, 3.8) is 0 Å². The lowest BCUT2D eigenvalue weighted by atomic mass is 10.1. The third kappa shape index (κ3) is 12.9. The minimum absolute atomic E-state index is 0.288. The summed E-state index contributed by atoms with van der Waals surface area (Å²) in [6, 6.07) is -2.52. The van der Waals surface area contributed by atoms with Crippen molar-refractivity contribution in [2.75, 3.05) is 42.6 Å². The van der Waals surface area contributed by atoms with E-state index in [2.05, 4.69) is 16.0 Å². The molecule has 0 rings (SSSR count). The molecule has 0 spiro atoms. The van der Waals surface area contributed by atoms with Crippen LogP contribution in [0.4, 0.5) is 0 Å². The second-order valence-corrected chi connectivity index (χ2v) is 9.15. The van der Waals surface area contributed by atoms with Crippen LogP contribution in [0.2, 0.25) is 0 Å². The van der Waals surface area contributed by atoms with E-state index >= 15 is 0 Å². The van der Waals surface area contributed by atoms with E-state index in [-0.39, 0.29) is 13.0 Å². The first-order valence-electron chi connectivity index (χ1n) is 9.09. The Labute approximate surface area is 184 Å². The highest BCUT2D eigenvalue weighted by Gasteiger charge is 2.24. The molecule has 0 aromatic heterocycles. The molecule has 0 bridgehead atoms. The molecule has 168 valence electrons. The molecular formula is C17H32N4O5S3. The Hall–Kier alpha value is -1.11. The highest BCUT2D eigenvalue weighted by Crippen LogP contribution is 2.04. The topological polar surface area (TPSA) is 151 Å². The van der Waals surface area contributed by atoms with Crippen molar-refractivity contribution in [1.29, 1.82) is 0 Å². The predicted octanol–water partition coefficient (Wildman–Crippen LogP) is -0.257. The van der Waals surface area contributed by atoms with Gasteiger partial charge in [-0.1, -0.05) is 0 Å². The molecule has 6 N–H and O–H groups in total. The quantitative estimate of drug-likeness (QED) is 0.206. The molecule has 0 aromatic carbocycles. The molecule has 3 atom stereocenters. The summed E-state index contributed by atoms with van der Waals surface area (Å²) < 4.78 is 0.